The summed E-state index contributed by atoms with van der Waals surface area (Å²) < 4.78 is 2.17. The molecule has 0 saturated heterocycles. The molecule has 0 amide bonds. The van der Waals surface area contributed by atoms with Crippen LogP contribution in [0.15, 0.2) is 48.8 Å². The van der Waals surface area contributed by atoms with Crippen molar-refractivity contribution in [2.24, 2.45) is 0 Å². The van der Waals surface area contributed by atoms with Crippen LogP contribution in [0, 0.1) is 0 Å². The molecule has 0 bridgehead atoms. The zero-order chi connectivity index (χ0) is 14.6. The molecular weight excluding hydrogens is 258 g/mol. The average Bonchev–Trinajstić information content (AvgIpc) is 2.85. The van der Waals surface area contributed by atoms with Crippen LogP contribution >= 0.6 is 0 Å². The molecule has 104 valence electrons. The lowest BCUT2D eigenvalue weighted by molar-refractivity contribution is 0.573. The Morgan fingerprint density at radius 1 is 1.00 bits per heavy atom. The van der Waals surface area contributed by atoms with Crippen molar-refractivity contribution in [3.05, 3.63) is 54.5 Å². The maximum atomic E-state index is 4.84. The van der Waals surface area contributed by atoms with Crippen LogP contribution in [0.2, 0.25) is 0 Å². The summed E-state index contributed by atoms with van der Waals surface area (Å²) in [5.41, 5.74) is 4.20. The quantitative estimate of drug-likeness (QED) is 0.478. The maximum absolute atomic E-state index is 4.84. The highest BCUT2D eigenvalue weighted by atomic mass is 15.0. The third-order valence-electron chi connectivity index (χ3n) is 3.91. The van der Waals surface area contributed by atoms with E-state index in [9.17, 15) is 0 Å². The lowest BCUT2D eigenvalue weighted by Crippen LogP contribution is -2.14. The second-order valence-corrected chi connectivity index (χ2v) is 6.49. The van der Waals surface area contributed by atoms with Gasteiger partial charge in [-0.05, 0) is 17.5 Å². The second-order valence-electron chi connectivity index (χ2n) is 6.49. The first-order chi connectivity index (χ1) is 10.1. The minimum Gasteiger partial charge on any atom is -0.297 e. The van der Waals surface area contributed by atoms with E-state index in [1.807, 2.05) is 12.3 Å². The fourth-order valence-electron chi connectivity index (χ4n) is 2.93. The van der Waals surface area contributed by atoms with Gasteiger partial charge in [0.25, 0.3) is 0 Å². The fourth-order valence-corrected chi connectivity index (χ4v) is 2.93. The van der Waals surface area contributed by atoms with Crippen molar-refractivity contribution in [3.8, 4) is 0 Å². The van der Waals surface area contributed by atoms with Crippen LogP contribution in [0.3, 0.4) is 0 Å². The SMILES string of the molecule is CC(C)(C)c1nccc2nc3c4ccccc4ccn3c12. The minimum absolute atomic E-state index is 0.0128. The van der Waals surface area contributed by atoms with E-state index in [1.165, 1.54) is 10.8 Å². The number of nitrogens with zero attached hydrogens (tertiary/aromatic N) is 3. The Kier molecular flexibility index (Phi) is 2.37. The van der Waals surface area contributed by atoms with Crippen molar-refractivity contribution >= 4 is 27.5 Å². The molecule has 0 aliphatic rings. The lowest BCUT2D eigenvalue weighted by atomic mass is 9.91. The van der Waals surface area contributed by atoms with Gasteiger partial charge >= 0.3 is 0 Å². The van der Waals surface area contributed by atoms with E-state index in [0.29, 0.717) is 0 Å². The van der Waals surface area contributed by atoms with Gasteiger partial charge in [-0.1, -0.05) is 45.0 Å². The van der Waals surface area contributed by atoms with Gasteiger partial charge < -0.3 is 0 Å². The molecule has 1 aromatic carbocycles. The Morgan fingerprint density at radius 3 is 2.62 bits per heavy atom. The lowest BCUT2D eigenvalue weighted by Gasteiger charge is -2.18. The van der Waals surface area contributed by atoms with Crippen molar-refractivity contribution in [3.63, 3.8) is 0 Å². The van der Waals surface area contributed by atoms with Crippen molar-refractivity contribution in [1.29, 1.82) is 0 Å². The molecule has 0 radical (unpaired) electrons. The summed E-state index contributed by atoms with van der Waals surface area (Å²) in [6.45, 7) is 6.57. The van der Waals surface area contributed by atoms with Crippen LogP contribution in [0.1, 0.15) is 26.5 Å². The molecule has 0 atom stereocenters. The largest absolute Gasteiger partial charge is 0.297 e. The van der Waals surface area contributed by atoms with Crippen molar-refractivity contribution < 1.29 is 0 Å². The van der Waals surface area contributed by atoms with Gasteiger partial charge in [-0.25, -0.2) is 4.98 Å². The number of benzene rings is 1. The van der Waals surface area contributed by atoms with E-state index >= 15 is 0 Å². The summed E-state index contributed by atoms with van der Waals surface area (Å²) in [7, 11) is 0. The molecule has 3 heteroatoms. The smallest absolute Gasteiger partial charge is 0.145 e. The van der Waals surface area contributed by atoms with Crippen LogP contribution < -0.4 is 0 Å². The summed E-state index contributed by atoms with van der Waals surface area (Å²) >= 11 is 0. The minimum atomic E-state index is -0.0128. The number of pyridine rings is 2. The van der Waals surface area contributed by atoms with Gasteiger partial charge in [0.15, 0.2) is 0 Å². The molecule has 0 N–H and O–H groups in total. The predicted octanol–water partition coefficient (Wildman–Crippen LogP) is 4.33. The highest BCUT2D eigenvalue weighted by Crippen LogP contribution is 2.30. The Bertz CT molecular complexity index is 974. The van der Waals surface area contributed by atoms with Gasteiger partial charge in [0, 0.05) is 23.2 Å². The first-order valence-corrected chi connectivity index (χ1v) is 7.21. The van der Waals surface area contributed by atoms with E-state index in [4.69, 9.17) is 4.98 Å². The highest BCUT2D eigenvalue weighted by molar-refractivity contribution is 5.98. The molecule has 0 spiro atoms. The molecule has 0 aliphatic heterocycles. The van der Waals surface area contributed by atoms with Crippen LogP contribution in [0.4, 0.5) is 0 Å². The molecule has 0 aliphatic carbocycles. The maximum Gasteiger partial charge on any atom is 0.145 e. The molecule has 3 nitrogen and oxygen atoms in total. The molecule has 3 heterocycles. The topological polar surface area (TPSA) is 30.2 Å². The van der Waals surface area contributed by atoms with E-state index in [1.54, 1.807) is 0 Å². The number of aromatic nitrogens is 3. The standard InChI is InChI=1S/C18H17N3/c1-18(2,3)16-15-14(8-10-19-16)20-17-13-7-5-4-6-12(13)9-11-21(15)17/h4-11H,1-3H3. The third kappa shape index (κ3) is 1.74. The molecule has 4 aromatic rings. The Balaban J connectivity index is 2.25. The van der Waals surface area contributed by atoms with Gasteiger partial charge in [0.2, 0.25) is 0 Å². The van der Waals surface area contributed by atoms with Gasteiger partial charge in [-0.3, -0.25) is 9.38 Å². The van der Waals surface area contributed by atoms with Gasteiger partial charge in [0.05, 0.1) is 16.7 Å². The Labute approximate surface area is 123 Å². The van der Waals surface area contributed by atoms with Gasteiger partial charge in [-0.15, -0.1) is 0 Å². The highest BCUT2D eigenvalue weighted by Gasteiger charge is 2.21. The van der Waals surface area contributed by atoms with E-state index in [-0.39, 0.29) is 5.41 Å². The first-order valence-electron chi connectivity index (χ1n) is 7.21. The molecular formula is C18H17N3. The van der Waals surface area contributed by atoms with E-state index in [2.05, 4.69) is 66.7 Å². The molecule has 0 fully saturated rings. The number of imidazole rings is 1. The normalized spacial score (nSPS) is 12.5. The average molecular weight is 275 g/mol. The molecule has 0 unspecified atom stereocenters. The molecule has 0 saturated carbocycles. The van der Waals surface area contributed by atoms with Crippen LogP contribution in [0.5, 0.6) is 0 Å². The van der Waals surface area contributed by atoms with E-state index in [0.717, 1.165) is 22.4 Å². The summed E-state index contributed by atoms with van der Waals surface area (Å²) in [6.07, 6.45) is 3.96. The van der Waals surface area contributed by atoms with Gasteiger partial charge in [0.1, 0.15) is 5.65 Å². The zero-order valence-corrected chi connectivity index (χ0v) is 12.5. The number of fused-ring (bicyclic) bond motifs is 5. The first kappa shape index (κ1) is 12.3. The van der Waals surface area contributed by atoms with Crippen LogP contribution in [-0.2, 0) is 5.41 Å². The third-order valence-corrected chi connectivity index (χ3v) is 3.91. The summed E-state index contributed by atoms with van der Waals surface area (Å²) in [5.74, 6) is 0. The summed E-state index contributed by atoms with van der Waals surface area (Å²) in [5, 5.41) is 2.39. The summed E-state index contributed by atoms with van der Waals surface area (Å²) in [4.78, 5) is 9.46. The van der Waals surface area contributed by atoms with Crippen molar-refractivity contribution in [2.45, 2.75) is 26.2 Å². The van der Waals surface area contributed by atoms with Crippen LogP contribution in [0.25, 0.3) is 27.5 Å². The predicted molar refractivity (Wildman–Crippen MR) is 86.7 cm³/mol. The van der Waals surface area contributed by atoms with E-state index < -0.39 is 0 Å². The Hall–Kier alpha value is -2.42. The second kappa shape index (κ2) is 4.04. The van der Waals surface area contributed by atoms with Crippen molar-refractivity contribution in [1.82, 2.24) is 14.4 Å². The number of hydrogen-bond acceptors (Lipinski definition) is 2. The molecule has 21 heavy (non-hydrogen) atoms. The summed E-state index contributed by atoms with van der Waals surface area (Å²) in [6, 6.07) is 12.5. The monoisotopic (exact) mass is 275 g/mol. The van der Waals surface area contributed by atoms with Crippen LogP contribution in [-0.4, -0.2) is 14.4 Å². The fraction of sp³-hybridized carbons (Fsp3) is 0.222. The number of rotatable bonds is 0. The molecule has 3 aromatic heterocycles. The number of hydrogen-bond donors (Lipinski definition) is 0. The van der Waals surface area contributed by atoms with Crippen molar-refractivity contribution in [2.75, 3.05) is 0 Å². The molecule has 4 rings (SSSR count). The van der Waals surface area contributed by atoms with Gasteiger partial charge in [-0.2, -0.15) is 0 Å². The zero-order valence-electron chi connectivity index (χ0n) is 12.5. The Morgan fingerprint density at radius 2 is 1.81 bits per heavy atom.